The third-order valence-corrected chi connectivity index (χ3v) is 4.12. The standard InChI is InChI=1S/C15H24/c1-2-8-13-11-6-7-12-15(13)14-9-4-3-5-10-14/h2,14H,1,3-12H2. The Kier molecular flexibility index (Phi) is 4.05. The van der Waals surface area contributed by atoms with Crippen molar-refractivity contribution < 1.29 is 0 Å². The maximum atomic E-state index is 3.90. The van der Waals surface area contributed by atoms with Crippen LogP contribution in [0.1, 0.15) is 64.2 Å². The molecule has 15 heavy (non-hydrogen) atoms. The van der Waals surface area contributed by atoms with E-state index in [2.05, 4.69) is 12.7 Å². The first-order chi connectivity index (χ1) is 7.42. The summed E-state index contributed by atoms with van der Waals surface area (Å²) in [6.45, 7) is 3.90. The molecule has 0 saturated heterocycles. The van der Waals surface area contributed by atoms with E-state index in [4.69, 9.17) is 0 Å². The average Bonchev–Trinajstić information content (AvgIpc) is 2.31. The number of rotatable bonds is 3. The molecule has 0 heterocycles. The molecule has 0 nitrogen and oxygen atoms in total. The lowest BCUT2D eigenvalue weighted by molar-refractivity contribution is 0.382. The minimum atomic E-state index is 0.953. The minimum Gasteiger partial charge on any atom is -0.103 e. The lowest BCUT2D eigenvalue weighted by Gasteiger charge is -2.30. The first kappa shape index (κ1) is 11.0. The van der Waals surface area contributed by atoms with Crippen molar-refractivity contribution in [2.45, 2.75) is 64.2 Å². The normalized spacial score (nSPS) is 24.3. The lowest BCUT2D eigenvalue weighted by Crippen LogP contribution is -2.13. The highest BCUT2D eigenvalue weighted by Gasteiger charge is 2.22. The van der Waals surface area contributed by atoms with Gasteiger partial charge in [-0.25, -0.2) is 0 Å². The molecule has 0 aromatic rings. The second-order valence-electron chi connectivity index (χ2n) is 5.16. The van der Waals surface area contributed by atoms with Crippen LogP contribution < -0.4 is 0 Å². The summed E-state index contributed by atoms with van der Waals surface area (Å²) >= 11 is 0. The van der Waals surface area contributed by atoms with E-state index in [1.165, 1.54) is 57.8 Å². The average molecular weight is 204 g/mol. The fourth-order valence-electron chi connectivity index (χ4n) is 3.34. The van der Waals surface area contributed by atoms with E-state index in [1.54, 1.807) is 5.57 Å². The minimum absolute atomic E-state index is 0.953. The van der Waals surface area contributed by atoms with Crippen molar-refractivity contribution in [2.75, 3.05) is 0 Å². The van der Waals surface area contributed by atoms with E-state index in [9.17, 15) is 0 Å². The maximum Gasteiger partial charge on any atom is -0.0139 e. The van der Waals surface area contributed by atoms with Gasteiger partial charge in [0.25, 0.3) is 0 Å². The molecule has 1 saturated carbocycles. The molecule has 2 aliphatic carbocycles. The zero-order valence-electron chi connectivity index (χ0n) is 9.93. The van der Waals surface area contributed by atoms with Crippen LogP contribution in [0.3, 0.4) is 0 Å². The van der Waals surface area contributed by atoms with Gasteiger partial charge in [-0.1, -0.05) is 36.5 Å². The summed E-state index contributed by atoms with van der Waals surface area (Å²) in [5, 5.41) is 0. The molecule has 1 fully saturated rings. The van der Waals surface area contributed by atoms with Gasteiger partial charge in [0.05, 0.1) is 0 Å². The summed E-state index contributed by atoms with van der Waals surface area (Å²) < 4.78 is 0. The predicted molar refractivity (Wildman–Crippen MR) is 66.9 cm³/mol. The van der Waals surface area contributed by atoms with Gasteiger partial charge in [-0.05, 0) is 50.9 Å². The topological polar surface area (TPSA) is 0 Å². The largest absolute Gasteiger partial charge is 0.103 e. The second-order valence-corrected chi connectivity index (χ2v) is 5.16. The smallest absolute Gasteiger partial charge is 0.0139 e. The zero-order chi connectivity index (χ0) is 10.5. The van der Waals surface area contributed by atoms with Crippen LogP contribution in [0.5, 0.6) is 0 Å². The van der Waals surface area contributed by atoms with Crippen molar-refractivity contribution in [1.82, 2.24) is 0 Å². The van der Waals surface area contributed by atoms with E-state index in [0.717, 1.165) is 12.3 Å². The number of hydrogen-bond donors (Lipinski definition) is 0. The van der Waals surface area contributed by atoms with Gasteiger partial charge in [0, 0.05) is 0 Å². The molecule has 2 rings (SSSR count). The Hall–Kier alpha value is -0.520. The number of allylic oxidation sites excluding steroid dienone is 3. The molecule has 0 atom stereocenters. The van der Waals surface area contributed by atoms with Gasteiger partial charge in [0.15, 0.2) is 0 Å². The Morgan fingerprint density at radius 2 is 1.73 bits per heavy atom. The second kappa shape index (κ2) is 5.53. The molecule has 0 unspecified atom stereocenters. The third-order valence-electron chi connectivity index (χ3n) is 4.12. The molecular weight excluding hydrogens is 180 g/mol. The summed E-state index contributed by atoms with van der Waals surface area (Å²) in [4.78, 5) is 0. The molecule has 0 heteroatoms. The fraction of sp³-hybridized carbons (Fsp3) is 0.733. The quantitative estimate of drug-likeness (QED) is 0.567. The molecule has 0 aromatic carbocycles. The molecule has 0 amide bonds. The molecule has 0 N–H and O–H groups in total. The van der Waals surface area contributed by atoms with Gasteiger partial charge in [-0.3, -0.25) is 0 Å². The van der Waals surface area contributed by atoms with E-state index in [1.807, 2.05) is 5.57 Å². The highest BCUT2D eigenvalue weighted by molar-refractivity contribution is 5.22. The van der Waals surface area contributed by atoms with Crippen molar-refractivity contribution >= 4 is 0 Å². The van der Waals surface area contributed by atoms with Crippen molar-refractivity contribution in [2.24, 2.45) is 5.92 Å². The molecule has 0 aliphatic heterocycles. The van der Waals surface area contributed by atoms with Crippen molar-refractivity contribution in [3.63, 3.8) is 0 Å². The Morgan fingerprint density at radius 1 is 1.00 bits per heavy atom. The fourth-order valence-corrected chi connectivity index (χ4v) is 3.34. The summed E-state index contributed by atoms with van der Waals surface area (Å²) in [6, 6.07) is 0. The van der Waals surface area contributed by atoms with Crippen LogP contribution in [-0.4, -0.2) is 0 Å². The first-order valence-electron chi connectivity index (χ1n) is 6.73. The third kappa shape index (κ3) is 2.74. The van der Waals surface area contributed by atoms with E-state index in [0.29, 0.717) is 0 Å². The SMILES string of the molecule is C=CCC1=C(C2CCCCC2)CCCC1. The van der Waals surface area contributed by atoms with Gasteiger partial charge in [0.1, 0.15) is 0 Å². The molecular formula is C15H24. The van der Waals surface area contributed by atoms with Crippen molar-refractivity contribution in [3.8, 4) is 0 Å². The van der Waals surface area contributed by atoms with Gasteiger partial charge < -0.3 is 0 Å². The summed E-state index contributed by atoms with van der Waals surface area (Å²) in [6.07, 6.45) is 16.2. The van der Waals surface area contributed by atoms with Crippen LogP contribution in [0, 0.1) is 5.92 Å². The maximum absolute atomic E-state index is 3.90. The van der Waals surface area contributed by atoms with Gasteiger partial charge in [-0.15, -0.1) is 6.58 Å². The Labute approximate surface area is 94.5 Å². The van der Waals surface area contributed by atoms with E-state index >= 15 is 0 Å². The number of hydrogen-bond acceptors (Lipinski definition) is 0. The highest BCUT2D eigenvalue weighted by Crippen LogP contribution is 2.38. The summed E-state index contributed by atoms with van der Waals surface area (Å²) in [5.74, 6) is 0.953. The molecule has 0 spiro atoms. The van der Waals surface area contributed by atoms with Gasteiger partial charge in [0.2, 0.25) is 0 Å². The summed E-state index contributed by atoms with van der Waals surface area (Å²) in [7, 11) is 0. The Bertz CT molecular complexity index is 241. The molecule has 0 bridgehead atoms. The van der Waals surface area contributed by atoms with Crippen molar-refractivity contribution in [1.29, 1.82) is 0 Å². The van der Waals surface area contributed by atoms with E-state index in [-0.39, 0.29) is 0 Å². The molecule has 2 aliphatic rings. The molecule has 0 aromatic heterocycles. The first-order valence-corrected chi connectivity index (χ1v) is 6.73. The van der Waals surface area contributed by atoms with E-state index < -0.39 is 0 Å². The summed E-state index contributed by atoms with van der Waals surface area (Å²) in [5.41, 5.74) is 3.60. The lowest BCUT2D eigenvalue weighted by atomic mass is 9.76. The Morgan fingerprint density at radius 3 is 2.47 bits per heavy atom. The Balaban J connectivity index is 2.09. The van der Waals surface area contributed by atoms with Crippen LogP contribution >= 0.6 is 0 Å². The monoisotopic (exact) mass is 204 g/mol. The van der Waals surface area contributed by atoms with Crippen LogP contribution in [0.2, 0.25) is 0 Å². The predicted octanol–water partition coefficient (Wildman–Crippen LogP) is 5.01. The van der Waals surface area contributed by atoms with Crippen LogP contribution in [0.15, 0.2) is 23.8 Å². The van der Waals surface area contributed by atoms with Crippen LogP contribution in [-0.2, 0) is 0 Å². The van der Waals surface area contributed by atoms with Crippen molar-refractivity contribution in [3.05, 3.63) is 23.8 Å². The van der Waals surface area contributed by atoms with Gasteiger partial charge >= 0.3 is 0 Å². The molecule has 0 radical (unpaired) electrons. The van der Waals surface area contributed by atoms with Gasteiger partial charge in [-0.2, -0.15) is 0 Å². The van der Waals surface area contributed by atoms with Crippen LogP contribution in [0.4, 0.5) is 0 Å². The molecule has 84 valence electrons. The van der Waals surface area contributed by atoms with Crippen LogP contribution in [0.25, 0.3) is 0 Å². The highest BCUT2D eigenvalue weighted by atomic mass is 14.3. The zero-order valence-corrected chi connectivity index (χ0v) is 9.93.